The van der Waals surface area contributed by atoms with Crippen LogP contribution in [0.2, 0.25) is 0 Å². The van der Waals surface area contributed by atoms with Crippen LogP contribution in [0.25, 0.3) is 22.4 Å². The van der Waals surface area contributed by atoms with Gasteiger partial charge in [-0.25, -0.2) is 19.9 Å². The standard InChI is InChI=1S/C14H10N6/c1-2-15-4-10-6-18-14(20-11(1)10)9-3-12-13(17-5-9)7-16-8-19-12/h2-3,5-8H,1,4H2. The Morgan fingerprint density at radius 1 is 0.950 bits per heavy atom. The Hall–Kier alpha value is -2.76. The summed E-state index contributed by atoms with van der Waals surface area (Å²) in [5, 5.41) is 0. The maximum absolute atomic E-state index is 4.60. The van der Waals surface area contributed by atoms with Gasteiger partial charge >= 0.3 is 0 Å². The lowest BCUT2D eigenvalue weighted by Gasteiger charge is -2.10. The van der Waals surface area contributed by atoms with Crippen LogP contribution < -0.4 is 0 Å². The molecule has 0 radical (unpaired) electrons. The fraction of sp³-hybridized carbons (Fsp3) is 0.143. The van der Waals surface area contributed by atoms with E-state index in [1.165, 1.54) is 6.33 Å². The summed E-state index contributed by atoms with van der Waals surface area (Å²) in [5.74, 6) is 0.673. The van der Waals surface area contributed by atoms with E-state index in [2.05, 4.69) is 29.9 Å². The predicted octanol–water partition coefficient (Wildman–Crippen LogP) is 1.61. The molecule has 20 heavy (non-hydrogen) atoms. The molecule has 0 bridgehead atoms. The smallest absolute Gasteiger partial charge is 0.161 e. The molecule has 6 nitrogen and oxygen atoms in total. The van der Waals surface area contributed by atoms with Gasteiger partial charge in [0.1, 0.15) is 11.8 Å². The molecule has 0 spiro atoms. The highest BCUT2D eigenvalue weighted by atomic mass is 14.9. The van der Waals surface area contributed by atoms with Crippen molar-refractivity contribution in [1.29, 1.82) is 0 Å². The highest BCUT2D eigenvalue weighted by molar-refractivity contribution is 5.77. The second-order valence-electron chi connectivity index (χ2n) is 4.54. The minimum Gasteiger partial charge on any atom is -0.292 e. The number of aromatic nitrogens is 5. The van der Waals surface area contributed by atoms with Crippen LogP contribution in [-0.4, -0.2) is 31.1 Å². The van der Waals surface area contributed by atoms with Crippen LogP contribution >= 0.6 is 0 Å². The van der Waals surface area contributed by atoms with Crippen LogP contribution in [0, 0.1) is 0 Å². The molecule has 1 aliphatic heterocycles. The minimum absolute atomic E-state index is 0.665. The van der Waals surface area contributed by atoms with Gasteiger partial charge in [0.05, 0.1) is 24.0 Å². The summed E-state index contributed by atoms with van der Waals surface area (Å²) < 4.78 is 0. The van der Waals surface area contributed by atoms with Crippen LogP contribution in [0.5, 0.6) is 0 Å². The predicted molar refractivity (Wildman–Crippen MR) is 74.3 cm³/mol. The van der Waals surface area contributed by atoms with E-state index in [0.29, 0.717) is 12.4 Å². The maximum Gasteiger partial charge on any atom is 0.161 e. The number of hydrogen-bond donors (Lipinski definition) is 0. The second-order valence-corrected chi connectivity index (χ2v) is 4.54. The van der Waals surface area contributed by atoms with Gasteiger partial charge in [-0.3, -0.25) is 9.98 Å². The van der Waals surface area contributed by atoms with E-state index in [0.717, 1.165) is 34.3 Å². The van der Waals surface area contributed by atoms with Crippen molar-refractivity contribution in [2.24, 2.45) is 4.99 Å². The molecule has 0 atom stereocenters. The topological polar surface area (TPSA) is 76.8 Å². The van der Waals surface area contributed by atoms with Gasteiger partial charge in [-0.1, -0.05) is 0 Å². The molecule has 0 unspecified atom stereocenters. The molecule has 0 amide bonds. The molecular formula is C14H10N6. The summed E-state index contributed by atoms with van der Waals surface area (Å²) in [7, 11) is 0. The van der Waals surface area contributed by atoms with E-state index in [-0.39, 0.29) is 0 Å². The fourth-order valence-corrected chi connectivity index (χ4v) is 2.19. The first-order valence-corrected chi connectivity index (χ1v) is 6.29. The Balaban J connectivity index is 1.83. The minimum atomic E-state index is 0.665. The highest BCUT2D eigenvalue weighted by Crippen LogP contribution is 2.20. The molecule has 0 N–H and O–H groups in total. The van der Waals surface area contributed by atoms with Crippen molar-refractivity contribution in [2.45, 2.75) is 13.0 Å². The Labute approximate surface area is 114 Å². The second kappa shape index (κ2) is 4.41. The normalized spacial score (nSPS) is 13.4. The third-order valence-corrected chi connectivity index (χ3v) is 3.25. The van der Waals surface area contributed by atoms with Gasteiger partial charge in [0.2, 0.25) is 0 Å². The molecule has 6 heteroatoms. The molecule has 0 saturated carbocycles. The highest BCUT2D eigenvalue weighted by Gasteiger charge is 2.11. The zero-order valence-corrected chi connectivity index (χ0v) is 10.6. The SMILES string of the molecule is C1=NCc2cnc(-c3cnc4cncnc4c3)nc2C1. The van der Waals surface area contributed by atoms with Crippen LogP contribution in [0.1, 0.15) is 11.3 Å². The summed E-state index contributed by atoms with van der Waals surface area (Å²) >= 11 is 0. The van der Waals surface area contributed by atoms with Gasteiger partial charge in [0.25, 0.3) is 0 Å². The maximum atomic E-state index is 4.60. The molecule has 4 rings (SSSR count). The lowest BCUT2D eigenvalue weighted by atomic mass is 10.1. The van der Waals surface area contributed by atoms with Crippen LogP contribution in [0.15, 0.2) is 36.0 Å². The third-order valence-electron chi connectivity index (χ3n) is 3.25. The number of fused-ring (bicyclic) bond motifs is 2. The number of nitrogens with zero attached hydrogens (tertiary/aromatic N) is 6. The molecule has 0 aromatic carbocycles. The molecule has 0 aliphatic carbocycles. The largest absolute Gasteiger partial charge is 0.292 e. The van der Waals surface area contributed by atoms with Crippen LogP contribution in [-0.2, 0) is 13.0 Å². The van der Waals surface area contributed by atoms with E-state index < -0.39 is 0 Å². The average Bonchev–Trinajstić information content (AvgIpc) is 2.54. The first kappa shape index (κ1) is 11.1. The Kier molecular flexibility index (Phi) is 2.45. The molecule has 96 valence electrons. The number of hydrogen-bond acceptors (Lipinski definition) is 6. The zero-order chi connectivity index (χ0) is 13.4. The van der Waals surface area contributed by atoms with Gasteiger partial charge < -0.3 is 0 Å². The van der Waals surface area contributed by atoms with Gasteiger partial charge in [-0.2, -0.15) is 0 Å². The molecule has 4 heterocycles. The van der Waals surface area contributed by atoms with E-state index in [4.69, 9.17) is 0 Å². The quantitative estimate of drug-likeness (QED) is 0.665. The lowest BCUT2D eigenvalue weighted by Crippen LogP contribution is -2.06. The van der Waals surface area contributed by atoms with Crippen molar-refractivity contribution in [3.8, 4) is 11.4 Å². The lowest BCUT2D eigenvalue weighted by molar-refractivity contribution is 0.929. The monoisotopic (exact) mass is 262 g/mol. The van der Waals surface area contributed by atoms with E-state index in [1.807, 2.05) is 18.5 Å². The summed E-state index contributed by atoms with van der Waals surface area (Å²) in [5.41, 5.74) is 4.54. The summed E-state index contributed by atoms with van der Waals surface area (Å²) in [6.07, 6.45) is 9.45. The van der Waals surface area contributed by atoms with Crippen molar-refractivity contribution in [2.75, 3.05) is 0 Å². The van der Waals surface area contributed by atoms with Crippen molar-refractivity contribution < 1.29 is 0 Å². The van der Waals surface area contributed by atoms with E-state index in [1.54, 1.807) is 12.4 Å². The Morgan fingerprint density at radius 2 is 1.95 bits per heavy atom. The van der Waals surface area contributed by atoms with Gasteiger partial charge in [0, 0.05) is 36.2 Å². The molecule has 1 aliphatic rings. The number of aliphatic imine (C=N–C) groups is 1. The van der Waals surface area contributed by atoms with Crippen LogP contribution in [0.4, 0.5) is 0 Å². The van der Waals surface area contributed by atoms with E-state index >= 15 is 0 Å². The number of rotatable bonds is 1. The fourth-order valence-electron chi connectivity index (χ4n) is 2.19. The Bertz CT molecular complexity index is 827. The molecular weight excluding hydrogens is 252 g/mol. The molecule has 3 aromatic heterocycles. The van der Waals surface area contributed by atoms with Crippen molar-refractivity contribution in [3.05, 3.63) is 42.2 Å². The van der Waals surface area contributed by atoms with Gasteiger partial charge in [-0.05, 0) is 6.07 Å². The van der Waals surface area contributed by atoms with Gasteiger partial charge in [0.15, 0.2) is 5.82 Å². The first-order valence-electron chi connectivity index (χ1n) is 6.29. The summed E-state index contributed by atoms with van der Waals surface area (Å²) in [6, 6.07) is 1.93. The average molecular weight is 262 g/mol. The van der Waals surface area contributed by atoms with Crippen molar-refractivity contribution in [1.82, 2.24) is 24.9 Å². The Morgan fingerprint density at radius 3 is 2.95 bits per heavy atom. The number of pyridine rings is 1. The van der Waals surface area contributed by atoms with E-state index in [9.17, 15) is 0 Å². The summed E-state index contributed by atoms with van der Waals surface area (Å²) in [4.78, 5) is 25.7. The summed E-state index contributed by atoms with van der Waals surface area (Å²) in [6.45, 7) is 0.665. The van der Waals surface area contributed by atoms with Gasteiger partial charge in [-0.15, -0.1) is 0 Å². The van der Waals surface area contributed by atoms with Crippen molar-refractivity contribution >= 4 is 17.2 Å². The van der Waals surface area contributed by atoms with Crippen molar-refractivity contribution in [3.63, 3.8) is 0 Å². The third kappa shape index (κ3) is 1.82. The van der Waals surface area contributed by atoms with Crippen LogP contribution in [0.3, 0.4) is 0 Å². The molecule has 3 aromatic rings. The zero-order valence-electron chi connectivity index (χ0n) is 10.6. The first-order chi connectivity index (χ1) is 9.90. The molecule has 0 saturated heterocycles. The molecule has 0 fully saturated rings.